The van der Waals surface area contributed by atoms with E-state index in [1.165, 1.54) is 6.07 Å². The Labute approximate surface area is 128 Å². The Kier molecular flexibility index (Phi) is 7.23. The molecule has 5 nitrogen and oxygen atoms in total. The van der Waals surface area contributed by atoms with Crippen LogP contribution in [-0.2, 0) is 11.2 Å². The van der Waals surface area contributed by atoms with Crippen molar-refractivity contribution in [3.05, 3.63) is 37.9 Å². The number of nitro groups is 1. The summed E-state index contributed by atoms with van der Waals surface area (Å²) in [4.78, 5) is 10.6. The van der Waals surface area contributed by atoms with Gasteiger partial charge in [-0.25, -0.2) is 0 Å². The average molecular weight is 321 g/mol. The van der Waals surface area contributed by atoms with Crippen LogP contribution in [0, 0.1) is 10.1 Å². The lowest BCUT2D eigenvalue weighted by Crippen LogP contribution is -2.35. The highest BCUT2D eigenvalue weighted by molar-refractivity contribution is 6.42. The summed E-state index contributed by atoms with van der Waals surface area (Å²) >= 11 is 11.8. The van der Waals surface area contributed by atoms with Crippen LogP contribution in [0.15, 0.2) is 12.1 Å². The number of rotatable bonds is 8. The van der Waals surface area contributed by atoms with Crippen molar-refractivity contribution < 1.29 is 9.66 Å². The van der Waals surface area contributed by atoms with Gasteiger partial charge in [-0.15, -0.1) is 0 Å². The zero-order chi connectivity index (χ0) is 15.1. The van der Waals surface area contributed by atoms with Gasteiger partial charge in [0.05, 0.1) is 21.6 Å². The zero-order valence-corrected chi connectivity index (χ0v) is 13.0. The fraction of sp³-hybridized carbons (Fsp3) is 0.538. The number of nitrogens with zero attached hydrogens (tertiary/aromatic N) is 1. The Morgan fingerprint density at radius 1 is 1.40 bits per heavy atom. The molecule has 1 aromatic rings. The molecule has 0 spiro atoms. The standard InChI is InChI=1S/C13H18Cl2N2O3/c1-3-4-16-10(8-20-2)5-9-6-11(14)12(15)7-13(9)17(18)19/h6-7,10,16H,3-5,8H2,1-2H3. The normalized spacial score (nSPS) is 12.4. The lowest BCUT2D eigenvalue weighted by molar-refractivity contribution is -0.385. The first-order valence-corrected chi connectivity index (χ1v) is 7.09. The first-order valence-electron chi connectivity index (χ1n) is 6.34. The molecule has 1 unspecified atom stereocenters. The summed E-state index contributed by atoms with van der Waals surface area (Å²) in [7, 11) is 1.60. The smallest absolute Gasteiger partial charge is 0.274 e. The molecular weight excluding hydrogens is 303 g/mol. The van der Waals surface area contributed by atoms with E-state index in [9.17, 15) is 10.1 Å². The van der Waals surface area contributed by atoms with Crippen LogP contribution in [0.2, 0.25) is 10.0 Å². The van der Waals surface area contributed by atoms with E-state index in [2.05, 4.69) is 12.2 Å². The van der Waals surface area contributed by atoms with Crippen LogP contribution < -0.4 is 5.32 Å². The molecule has 0 aliphatic heterocycles. The van der Waals surface area contributed by atoms with Gasteiger partial charge in [-0.2, -0.15) is 0 Å². The minimum absolute atomic E-state index is 0.00380. The van der Waals surface area contributed by atoms with Gasteiger partial charge in [-0.1, -0.05) is 30.1 Å². The summed E-state index contributed by atoms with van der Waals surface area (Å²) in [5, 5.41) is 14.9. The second-order valence-corrected chi connectivity index (χ2v) is 5.28. The maximum absolute atomic E-state index is 11.1. The Morgan fingerprint density at radius 2 is 2.05 bits per heavy atom. The van der Waals surface area contributed by atoms with Gasteiger partial charge in [0, 0.05) is 24.8 Å². The largest absolute Gasteiger partial charge is 0.383 e. The van der Waals surface area contributed by atoms with Crippen LogP contribution in [0.4, 0.5) is 5.69 Å². The van der Waals surface area contributed by atoms with Crippen molar-refractivity contribution in [2.75, 3.05) is 20.3 Å². The van der Waals surface area contributed by atoms with Gasteiger partial charge < -0.3 is 10.1 Å². The Hall–Kier alpha value is -0.880. The molecule has 20 heavy (non-hydrogen) atoms. The molecule has 0 saturated carbocycles. The van der Waals surface area contributed by atoms with Crippen LogP contribution in [-0.4, -0.2) is 31.2 Å². The first-order chi connectivity index (χ1) is 9.49. The molecule has 7 heteroatoms. The van der Waals surface area contributed by atoms with Gasteiger partial charge >= 0.3 is 0 Å². The highest BCUT2D eigenvalue weighted by Crippen LogP contribution is 2.31. The van der Waals surface area contributed by atoms with Crippen molar-refractivity contribution in [1.29, 1.82) is 0 Å². The second-order valence-electron chi connectivity index (χ2n) is 4.46. The lowest BCUT2D eigenvalue weighted by Gasteiger charge is -2.18. The number of methoxy groups -OCH3 is 1. The fourth-order valence-electron chi connectivity index (χ4n) is 1.92. The van der Waals surface area contributed by atoms with Crippen LogP contribution >= 0.6 is 23.2 Å². The molecule has 1 aromatic carbocycles. The summed E-state index contributed by atoms with van der Waals surface area (Å²) in [5.41, 5.74) is 0.536. The number of benzene rings is 1. The van der Waals surface area contributed by atoms with E-state index >= 15 is 0 Å². The van der Waals surface area contributed by atoms with Gasteiger partial charge in [0.2, 0.25) is 0 Å². The summed E-state index contributed by atoms with van der Waals surface area (Å²) in [6.07, 6.45) is 1.44. The number of halogens is 2. The number of hydrogen-bond acceptors (Lipinski definition) is 4. The number of nitrogens with one attached hydrogen (secondary N) is 1. The monoisotopic (exact) mass is 320 g/mol. The summed E-state index contributed by atoms with van der Waals surface area (Å²) in [5.74, 6) is 0. The Balaban J connectivity index is 2.98. The molecule has 0 radical (unpaired) electrons. The molecule has 1 N–H and O–H groups in total. The average Bonchev–Trinajstić information content (AvgIpc) is 2.39. The van der Waals surface area contributed by atoms with Crippen molar-refractivity contribution >= 4 is 28.9 Å². The van der Waals surface area contributed by atoms with Crippen LogP contribution in [0.5, 0.6) is 0 Å². The highest BCUT2D eigenvalue weighted by atomic mass is 35.5. The van der Waals surface area contributed by atoms with Gasteiger partial charge in [0.15, 0.2) is 0 Å². The van der Waals surface area contributed by atoms with Gasteiger partial charge in [0.1, 0.15) is 0 Å². The molecule has 0 aromatic heterocycles. The predicted molar refractivity (Wildman–Crippen MR) is 80.8 cm³/mol. The quantitative estimate of drug-likeness (QED) is 0.588. The second kappa shape index (κ2) is 8.42. The molecule has 0 amide bonds. The van der Waals surface area contributed by atoms with E-state index < -0.39 is 4.92 Å². The molecule has 1 rings (SSSR count). The fourth-order valence-corrected chi connectivity index (χ4v) is 2.26. The highest BCUT2D eigenvalue weighted by Gasteiger charge is 2.20. The van der Waals surface area contributed by atoms with E-state index in [0.717, 1.165) is 13.0 Å². The minimum Gasteiger partial charge on any atom is -0.383 e. The summed E-state index contributed by atoms with van der Waals surface area (Å²) in [6.45, 7) is 3.35. The first kappa shape index (κ1) is 17.2. The third-order valence-electron chi connectivity index (χ3n) is 2.84. The molecule has 1 atom stereocenters. The molecular formula is C13H18Cl2N2O3. The SMILES string of the molecule is CCCNC(COC)Cc1cc(Cl)c(Cl)cc1[N+](=O)[O-]. The topological polar surface area (TPSA) is 64.4 Å². The van der Waals surface area contributed by atoms with Gasteiger partial charge in [-0.05, 0) is 25.5 Å². The maximum atomic E-state index is 11.1. The Morgan fingerprint density at radius 3 is 2.60 bits per heavy atom. The minimum atomic E-state index is -0.443. The predicted octanol–water partition coefficient (Wildman–Crippen LogP) is 3.46. The zero-order valence-electron chi connectivity index (χ0n) is 11.5. The summed E-state index contributed by atoms with van der Waals surface area (Å²) in [6, 6.07) is 2.84. The molecule has 0 bridgehead atoms. The van der Waals surface area contributed by atoms with Crippen molar-refractivity contribution in [2.24, 2.45) is 0 Å². The molecule has 0 fully saturated rings. The molecule has 0 saturated heterocycles. The molecule has 112 valence electrons. The van der Waals surface area contributed by atoms with E-state index in [1.807, 2.05) is 0 Å². The van der Waals surface area contributed by atoms with Crippen molar-refractivity contribution in [1.82, 2.24) is 5.32 Å². The molecule has 0 aliphatic carbocycles. The van der Waals surface area contributed by atoms with Gasteiger partial charge in [0.25, 0.3) is 5.69 Å². The number of ether oxygens (including phenoxy) is 1. The number of nitro benzene ring substituents is 1. The van der Waals surface area contributed by atoms with Crippen LogP contribution in [0.3, 0.4) is 0 Å². The van der Waals surface area contributed by atoms with E-state index in [0.29, 0.717) is 23.6 Å². The molecule has 0 aliphatic rings. The summed E-state index contributed by atoms with van der Waals surface area (Å²) < 4.78 is 5.14. The number of hydrogen-bond donors (Lipinski definition) is 1. The van der Waals surface area contributed by atoms with Gasteiger partial charge in [-0.3, -0.25) is 10.1 Å². The Bertz CT molecular complexity index is 469. The molecule has 0 heterocycles. The van der Waals surface area contributed by atoms with Crippen LogP contribution in [0.25, 0.3) is 0 Å². The van der Waals surface area contributed by atoms with Crippen LogP contribution in [0.1, 0.15) is 18.9 Å². The maximum Gasteiger partial charge on any atom is 0.274 e. The van der Waals surface area contributed by atoms with E-state index in [4.69, 9.17) is 27.9 Å². The van der Waals surface area contributed by atoms with E-state index in [-0.39, 0.29) is 16.8 Å². The third-order valence-corrected chi connectivity index (χ3v) is 3.56. The third kappa shape index (κ3) is 4.90. The lowest BCUT2D eigenvalue weighted by atomic mass is 10.0. The van der Waals surface area contributed by atoms with E-state index in [1.54, 1.807) is 13.2 Å². The van der Waals surface area contributed by atoms with Crippen molar-refractivity contribution in [2.45, 2.75) is 25.8 Å². The van der Waals surface area contributed by atoms with Crippen molar-refractivity contribution in [3.8, 4) is 0 Å². The van der Waals surface area contributed by atoms with Crippen molar-refractivity contribution in [3.63, 3.8) is 0 Å².